The average molecular weight is 338 g/mol. The molecular formula is C17H14N4O2S. The normalized spacial score (nSPS) is 19.5. The summed E-state index contributed by atoms with van der Waals surface area (Å²) >= 11 is 1.49. The zero-order valence-electron chi connectivity index (χ0n) is 12.6. The second-order valence-electron chi connectivity index (χ2n) is 5.37. The molecule has 3 N–H and O–H groups in total. The number of anilines is 1. The molecule has 1 aromatic heterocycles. The highest BCUT2D eigenvalue weighted by Crippen LogP contribution is 2.44. The van der Waals surface area contributed by atoms with Crippen molar-refractivity contribution in [1.29, 1.82) is 0 Å². The third-order valence-corrected chi connectivity index (χ3v) is 4.86. The topological polar surface area (TPSA) is 89.6 Å². The maximum absolute atomic E-state index is 11.5. The Bertz CT molecular complexity index is 864. The third-order valence-electron chi connectivity index (χ3n) is 3.75. The van der Waals surface area contributed by atoms with Gasteiger partial charge in [-0.25, -0.2) is 9.98 Å². The van der Waals surface area contributed by atoms with Gasteiger partial charge in [0.25, 0.3) is 5.91 Å². The molecule has 2 aromatic rings. The quantitative estimate of drug-likeness (QED) is 0.878. The molecule has 0 aliphatic carbocycles. The molecule has 24 heavy (non-hydrogen) atoms. The summed E-state index contributed by atoms with van der Waals surface area (Å²) in [6, 6.07) is 11.9. The Morgan fingerprint density at radius 3 is 2.96 bits per heavy atom. The van der Waals surface area contributed by atoms with E-state index in [4.69, 9.17) is 10.5 Å². The van der Waals surface area contributed by atoms with E-state index in [1.807, 2.05) is 24.3 Å². The van der Waals surface area contributed by atoms with E-state index in [0.717, 1.165) is 16.7 Å². The van der Waals surface area contributed by atoms with Crippen molar-refractivity contribution in [3.05, 3.63) is 59.9 Å². The first-order valence-corrected chi connectivity index (χ1v) is 8.26. The van der Waals surface area contributed by atoms with Crippen LogP contribution in [0, 0.1) is 0 Å². The molecule has 1 unspecified atom stereocenters. The fraction of sp³-hybridized carbons (Fsp3) is 0.118. The molecule has 1 atom stereocenters. The molecule has 6 nitrogen and oxygen atoms in total. The van der Waals surface area contributed by atoms with Crippen LogP contribution >= 0.6 is 11.8 Å². The summed E-state index contributed by atoms with van der Waals surface area (Å²) in [6.45, 7) is -0.00857. The molecule has 3 heterocycles. The Hall–Kier alpha value is -2.80. The van der Waals surface area contributed by atoms with Crippen LogP contribution in [0.25, 0.3) is 5.57 Å². The van der Waals surface area contributed by atoms with E-state index in [0.29, 0.717) is 16.7 Å². The molecule has 0 bridgehead atoms. The van der Waals surface area contributed by atoms with Gasteiger partial charge in [-0.2, -0.15) is 0 Å². The predicted octanol–water partition coefficient (Wildman–Crippen LogP) is 2.56. The Kier molecular flexibility index (Phi) is 3.70. The number of aliphatic imine (C=N–C) groups is 1. The van der Waals surface area contributed by atoms with E-state index in [-0.39, 0.29) is 17.8 Å². The van der Waals surface area contributed by atoms with Crippen molar-refractivity contribution in [1.82, 2.24) is 4.98 Å². The van der Waals surface area contributed by atoms with Gasteiger partial charge in [0, 0.05) is 18.0 Å². The summed E-state index contributed by atoms with van der Waals surface area (Å²) in [6.07, 6.45) is 3.49. The first kappa shape index (κ1) is 14.8. The number of hydrogen-bond acceptors (Lipinski definition) is 6. The highest BCUT2D eigenvalue weighted by atomic mass is 32.2. The summed E-state index contributed by atoms with van der Waals surface area (Å²) in [5.74, 6) is 0.247. The van der Waals surface area contributed by atoms with Crippen molar-refractivity contribution in [2.75, 3.05) is 11.9 Å². The van der Waals surface area contributed by atoms with Crippen molar-refractivity contribution in [2.45, 2.75) is 5.25 Å². The fourth-order valence-electron chi connectivity index (χ4n) is 2.65. The molecule has 0 saturated heterocycles. The number of hydrogen-bond donors (Lipinski definition) is 2. The van der Waals surface area contributed by atoms with Gasteiger partial charge in [0.2, 0.25) is 5.88 Å². The smallest absolute Gasteiger partial charge is 0.262 e. The number of nitrogens with zero attached hydrogens (tertiary/aromatic N) is 2. The van der Waals surface area contributed by atoms with E-state index in [1.165, 1.54) is 11.8 Å². The van der Waals surface area contributed by atoms with Crippen LogP contribution in [0.3, 0.4) is 0 Å². The molecule has 1 aromatic carbocycles. The number of ether oxygens (including phenoxy) is 1. The Morgan fingerprint density at radius 1 is 1.29 bits per heavy atom. The number of fused-ring (bicyclic) bond motifs is 1. The van der Waals surface area contributed by atoms with E-state index in [1.54, 1.807) is 12.4 Å². The lowest BCUT2D eigenvalue weighted by Gasteiger charge is -2.24. The summed E-state index contributed by atoms with van der Waals surface area (Å²) in [4.78, 5) is 20.1. The number of aromatic nitrogens is 1. The zero-order chi connectivity index (χ0) is 16.5. The van der Waals surface area contributed by atoms with Gasteiger partial charge >= 0.3 is 0 Å². The number of nitrogens with one attached hydrogen (secondary N) is 1. The lowest BCUT2D eigenvalue weighted by molar-refractivity contribution is -0.118. The van der Waals surface area contributed by atoms with Gasteiger partial charge in [-0.15, -0.1) is 0 Å². The molecular weight excluding hydrogens is 324 g/mol. The van der Waals surface area contributed by atoms with Gasteiger partial charge in [-0.3, -0.25) is 4.79 Å². The molecule has 120 valence electrons. The summed E-state index contributed by atoms with van der Waals surface area (Å²) in [7, 11) is 0. The van der Waals surface area contributed by atoms with Crippen LogP contribution in [0.4, 0.5) is 5.69 Å². The second kappa shape index (κ2) is 6.01. The zero-order valence-corrected chi connectivity index (χ0v) is 13.4. The summed E-state index contributed by atoms with van der Waals surface area (Å²) in [5.41, 5.74) is 9.46. The molecule has 0 saturated carbocycles. The monoisotopic (exact) mass is 338 g/mol. The largest absolute Gasteiger partial charge is 0.466 e. The number of amidine groups is 1. The van der Waals surface area contributed by atoms with Gasteiger partial charge in [0.1, 0.15) is 5.69 Å². The highest BCUT2D eigenvalue weighted by Gasteiger charge is 2.25. The van der Waals surface area contributed by atoms with Gasteiger partial charge in [0.05, 0.1) is 5.25 Å². The van der Waals surface area contributed by atoms with Crippen LogP contribution in [0.2, 0.25) is 0 Å². The lowest BCUT2D eigenvalue weighted by Crippen LogP contribution is -2.26. The molecule has 2 aliphatic heterocycles. The molecule has 0 spiro atoms. The molecule has 2 aliphatic rings. The molecule has 0 radical (unpaired) electrons. The van der Waals surface area contributed by atoms with Gasteiger partial charge in [-0.1, -0.05) is 42.1 Å². The van der Waals surface area contributed by atoms with Gasteiger partial charge in [0.15, 0.2) is 11.8 Å². The lowest BCUT2D eigenvalue weighted by atomic mass is 9.99. The minimum atomic E-state index is -0.185. The van der Waals surface area contributed by atoms with E-state index >= 15 is 0 Å². The second-order valence-corrected chi connectivity index (χ2v) is 6.50. The number of pyridine rings is 1. The van der Waals surface area contributed by atoms with Crippen molar-refractivity contribution < 1.29 is 9.53 Å². The van der Waals surface area contributed by atoms with Gasteiger partial charge in [-0.05, 0) is 17.2 Å². The number of rotatable bonds is 2. The van der Waals surface area contributed by atoms with Crippen molar-refractivity contribution >= 4 is 34.1 Å². The van der Waals surface area contributed by atoms with Crippen LogP contribution in [0.15, 0.2) is 53.8 Å². The van der Waals surface area contributed by atoms with Crippen LogP contribution in [-0.4, -0.2) is 22.7 Å². The van der Waals surface area contributed by atoms with Gasteiger partial charge < -0.3 is 15.8 Å². The highest BCUT2D eigenvalue weighted by molar-refractivity contribution is 8.14. The van der Waals surface area contributed by atoms with E-state index in [9.17, 15) is 4.79 Å². The molecule has 1 amide bonds. The summed E-state index contributed by atoms with van der Waals surface area (Å²) < 4.78 is 5.31. The number of thioether (sulfide) groups is 1. The van der Waals surface area contributed by atoms with Crippen molar-refractivity contribution in [3.63, 3.8) is 0 Å². The number of benzene rings is 1. The molecule has 4 rings (SSSR count). The molecule has 7 heteroatoms. The Morgan fingerprint density at radius 2 is 2.12 bits per heavy atom. The number of amides is 1. The predicted molar refractivity (Wildman–Crippen MR) is 94.7 cm³/mol. The maximum Gasteiger partial charge on any atom is 0.262 e. The molecule has 0 fully saturated rings. The first-order valence-electron chi connectivity index (χ1n) is 7.39. The van der Waals surface area contributed by atoms with Crippen LogP contribution < -0.4 is 15.8 Å². The SMILES string of the molecule is NC1=NC=C(c2cnc3c(c2)NC(=O)CO3)C(c2ccccc2)S1. The minimum absolute atomic E-state index is 0.00857. The van der Waals surface area contributed by atoms with E-state index < -0.39 is 0 Å². The average Bonchev–Trinajstić information content (AvgIpc) is 2.62. The Balaban J connectivity index is 1.76. The first-order chi connectivity index (χ1) is 11.7. The number of carbonyl (C=O) groups is 1. The van der Waals surface area contributed by atoms with E-state index in [2.05, 4.69) is 27.4 Å². The van der Waals surface area contributed by atoms with Crippen LogP contribution in [-0.2, 0) is 4.79 Å². The Labute approximate surface area is 142 Å². The van der Waals surface area contributed by atoms with Crippen LogP contribution in [0.5, 0.6) is 5.88 Å². The van der Waals surface area contributed by atoms with Crippen molar-refractivity contribution in [3.8, 4) is 5.88 Å². The summed E-state index contributed by atoms with van der Waals surface area (Å²) in [5, 5.41) is 3.32. The minimum Gasteiger partial charge on any atom is -0.466 e. The van der Waals surface area contributed by atoms with Crippen molar-refractivity contribution in [2.24, 2.45) is 10.7 Å². The standard InChI is InChI=1S/C17H14N4O2S/c18-17-20-8-12(15(24-17)10-4-2-1-3-5-10)11-6-13-16(19-7-11)23-9-14(22)21-13/h1-8,15H,9H2,(H2,18,20)(H,21,22). The maximum atomic E-state index is 11.5. The third kappa shape index (κ3) is 2.74. The number of nitrogens with two attached hydrogens (primary N) is 1. The number of carbonyl (C=O) groups excluding carboxylic acids is 1. The fourth-order valence-corrected chi connectivity index (χ4v) is 3.62. The van der Waals surface area contributed by atoms with Crippen LogP contribution in [0.1, 0.15) is 16.4 Å².